The van der Waals surface area contributed by atoms with Crippen LogP contribution in [0.4, 0.5) is 0 Å². The summed E-state index contributed by atoms with van der Waals surface area (Å²) in [6, 6.07) is 1.89. The van der Waals surface area contributed by atoms with E-state index in [0.717, 1.165) is 5.56 Å². The lowest BCUT2D eigenvalue weighted by Gasteiger charge is -2.14. The maximum atomic E-state index is 12.3. The maximum Gasteiger partial charge on any atom is 0.317 e. The van der Waals surface area contributed by atoms with Crippen molar-refractivity contribution < 1.29 is 13.2 Å². The van der Waals surface area contributed by atoms with E-state index in [1.54, 1.807) is 33.2 Å². The van der Waals surface area contributed by atoms with Gasteiger partial charge in [0.05, 0.1) is 29.5 Å². The highest BCUT2D eigenvalue weighted by atomic mass is 32.2. The van der Waals surface area contributed by atoms with Crippen molar-refractivity contribution in [1.82, 2.24) is 14.5 Å². The van der Waals surface area contributed by atoms with Gasteiger partial charge in [-0.1, -0.05) is 6.92 Å². The molecule has 0 aliphatic heterocycles. The zero-order chi connectivity index (χ0) is 19.5. The minimum absolute atomic E-state index is 0.0868. The Bertz CT molecular complexity index is 939. The molecule has 2 aromatic rings. The van der Waals surface area contributed by atoms with Gasteiger partial charge in [-0.15, -0.1) is 0 Å². The lowest BCUT2D eigenvalue weighted by Crippen LogP contribution is -2.19. The van der Waals surface area contributed by atoms with E-state index in [4.69, 9.17) is 4.74 Å². The molecule has 142 valence electrons. The Balaban J connectivity index is 2.64. The van der Waals surface area contributed by atoms with Gasteiger partial charge in [0.2, 0.25) is 0 Å². The molecule has 0 unspecified atom stereocenters. The number of ether oxygens (including phenoxy) is 1. The predicted octanol–water partition coefficient (Wildman–Crippen LogP) is 2.18. The second-order valence-electron chi connectivity index (χ2n) is 6.28. The van der Waals surface area contributed by atoms with Gasteiger partial charge >= 0.3 is 6.01 Å². The quantitative estimate of drug-likeness (QED) is 0.732. The van der Waals surface area contributed by atoms with Crippen LogP contribution in [0.3, 0.4) is 0 Å². The number of rotatable bonds is 7. The number of pyridine rings is 1. The van der Waals surface area contributed by atoms with E-state index in [0.29, 0.717) is 35.5 Å². The summed E-state index contributed by atoms with van der Waals surface area (Å²) < 4.78 is 31.5. The van der Waals surface area contributed by atoms with Gasteiger partial charge in [-0.25, -0.2) is 8.42 Å². The zero-order valence-electron chi connectivity index (χ0n) is 15.9. The van der Waals surface area contributed by atoms with Crippen molar-refractivity contribution in [3.63, 3.8) is 0 Å². The lowest BCUT2D eigenvalue weighted by molar-refractivity contribution is 0.312. The number of nitrogens with zero attached hydrogens (tertiary/aromatic N) is 3. The fourth-order valence-corrected chi connectivity index (χ4v) is 4.22. The summed E-state index contributed by atoms with van der Waals surface area (Å²) in [4.78, 5) is 20.7. The van der Waals surface area contributed by atoms with E-state index in [9.17, 15) is 13.2 Å². The third kappa shape index (κ3) is 4.49. The van der Waals surface area contributed by atoms with Crippen molar-refractivity contribution >= 4 is 9.84 Å². The van der Waals surface area contributed by atoms with E-state index in [1.807, 2.05) is 13.8 Å². The second kappa shape index (κ2) is 7.99. The highest BCUT2D eigenvalue weighted by Crippen LogP contribution is 2.26. The lowest BCUT2D eigenvalue weighted by atomic mass is 10.1. The molecule has 0 aromatic carbocycles. The van der Waals surface area contributed by atoms with E-state index in [-0.39, 0.29) is 23.1 Å². The first-order valence-electron chi connectivity index (χ1n) is 8.56. The Morgan fingerprint density at radius 1 is 1.19 bits per heavy atom. The molecule has 7 nitrogen and oxygen atoms in total. The van der Waals surface area contributed by atoms with Crippen LogP contribution < -0.4 is 10.3 Å². The monoisotopic (exact) mass is 379 g/mol. The van der Waals surface area contributed by atoms with Crippen LogP contribution in [0.2, 0.25) is 0 Å². The molecular formula is C18H25N3O4S. The van der Waals surface area contributed by atoms with E-state index < -0.39 is 9.84 Å². The summed E-state index contributed by atoms with van der Waals surface area (Å²) in [6.07, 6.45) is 2.24. The van der Waals surface area contributed by atoms with Gasteiger partial charge in [0, 0.05) is 24.4 Å². The molecule has 0 atom stereocenters. The smallest absolute Gasteiger partial charge is 0.317 e. The number of aryl methyl sites for hydroxylation is 2. The molecule has 0 N–H and O–H groups in total. The molecule has 0 spiro atoms. The zero-order valence-corrected chi connectivity index (χ0v) is 16.7. The van der Waals surface area contributed by atoms with Crippen molar-refractivity contribution in [1.29, 1.82) is 0 Å². The summed E-state index contributed by atoms with van der Waals surface area (Å²) in [5, 5.41) is 0. The molecular weight excluding hydrogens is 354 g/mol. The SMILES string of the molecule is CCCS(=O)(=O)Cc1nc(OCC)nc(-c2cc(C)c(=O)n(C)c2)c1C. The van der Waals surface area contributed by atoms with Crippen molar-refractivity contribution in [3.05, 3.63) is 39.4 Å². The molecule has 0 radical (unpaired) electrons. The van der Waals surface area contributed by atoms with Crippen molar-refractivity contribution in [2.45, 2.75) is 39.9 Å². The fraction of sp³-hybridized carbons (Fsp3) is 0.500. The van der Waals surface area contributed by atoms with Gasteiger partial charge in [0.25, 0.3) is 5.56 Å². The standard InChI is InChI=1S/C18H25N3O4S/c1-6-8-26(23,24)11-15-13(4)16(20-18(19-15)25-7-2)14-9-12(3)17(22)21(5)10-14/h9-10H,6-8,11H2,1-5H3. The van der Waals surface area contributed by atoms with Crippen LogP contribution in [0.5, 0.6) is 6.01 Å². The highest BCUT2D eigenvalue weighted by Gasteiger charge is 2.19. The molecule has 0 fully saturated rings. The average molecular weight is 379 g/mol. The molecule has 2 rings (SSSR count). The molecule has 26 heavy (non-hydrogen) atoms. The number of hydrogen-bond donors (Lipinski definition) is 0. The molecule has 0 saturated heterocycles. The molecule has 0 aliphatic carbocycles. The van der Waals surface area contributed by atoms with Crippen LogP contribution in [-0.2, 0) is 22.6 Å². The summed E-state index contributed by atoms with van der Waals surface area (Å²) in [7, 11) is -1.59. The third-order valence-corrected chi connectivity index (χ3v) is 5.75. The highest BCUT2D eigenvalue weighted by molar-refractivity contribution is 7.90. The number of hydrogen-bond acceptors (Lipinski definition) is 6. The van der Waals surface area contributed by atoms with Crippen LogP contribution >= 0.6 is 0 Å². The first kappa shape index (κ1) is 20.1. The summed E-state index contributed by atoms with van der Waals surface area (Å²) in [5.41, 5.74) is 2.89. The fourth-order valence-electron chi connectivity index (χ4n) is 2.75. The van der Waals surface area contributed by atoms with Crippen molar-refractivity contribution in [2.24, 2.45) is 7.05 Å². The van der Waals surface area contributed by atoms with E-state index in [1.165, 1.54) is 4.57 Å². The minimum atomic E-state index is -3.26. The summed E-state index contributed by atoms with van der Waals surface area (Å²) >= 11 is 0. The van der Waals surface area contributed by atoms with Crippen molar-refractivity contribution in [3.8, 4) is 17.3 Å². The number of sulfone groups is 1. The van der Waals surface area contributed by atoms with Gasteiger partial charge in [-0.3, -0.25) is 4.79 Å². The van der Waals surface area contributed by atoms with Crippen LogP contribution in [0.15, 0.2) is 17.1 Å². The maximum absolute atomic E-state index is 12.3. The third-order valence-electron chi connectivity index (χ3n) is 4.01. The van der Waals surface area contributed by atoms with Gasteiger partial charge < -0.3 is 9.30 Å². The van der Waals surface area contributed by atoms with Gasteiger partial charge in [0.1, 0.15) is 0 Å². The average Bonchev–Trinajstić information content (AvgIpc) is 2.55. The Hall–Kier alpha value is -2.22. The molecule has 2 aromatic heterocycles. The van der Waals surface area contributed by atoms with Crippen LogP contribution in [0.1, 0.15) is 37.1 Å². The molecule has 0 saturated carbocycles. The van der Waals surface area contributed by atoms with Crippen LogP contribution in [-0.4, -0.2) is 35.3 Å². The minimum Gasteiger partial charge on any atom is -0.464 e. The largest absolute Gasteiger partial charge is 0.464 e. The van der Waals surface area contributed by atoms with E-state index in [2.05, 4.69) is 9.97 Å². The molecule has 0 amide bonds. The van der Waals surface area contributed by atoms with Gasteiger partial charge in [-0.05, 0) is 38.8 Å². The Morgan fingerprint density at radius 2 is 1.88 bits per heavy atom. The van der Waals surface area contributed by atoms with Gasteiger partial charge in [0.15, 0.2) is 9.84 Å². The molecule has 2 heterocycles. The Kier molecular flexibility index (Phi) is 6.17. The van der Waals surface area contributed by atoms with Gasteiger partial charge in [-0.2, -0.15) is 9.97 Å². The first-order chi connectivity index (χ1) is 12.2. The van der Waals surface area contributed by atoms with Crippen LogP contribution in [0, 0.1) is 13.8 Å². The van der Waals surface area contributed by atoms with Crippen molar-refractivity contribution in [2.75, 3.05) is 12.4 Å². The van der Waals surface area contributed by atoms with E-state index >= 15 is 0 Å². The number of aromatic nitrogens is 3. The second-order valence-corrected chi connectivity index (χ2v) is 8.46. The molecule has 0 aliphatic rings. The van der Waals surface area contributed by atoms with Crippen LogP contribution in [0.25, 0.3) is 11.3 Å². The summed E-state index contributed by atoms with van der Waals surface area (Å²) in [6.45, 7) is 7.54. The normalized spacial score (nSPS) is 11.6. The predicted molar refractivity (Wildman–Crippen MR) is 101 cm³/mol. The topological polar surface area (TPSA) is 91.2 Å². The first-order valence-corrected chi connectivity index (χ1v) is 10.4. The molecule has 0 bridgehead atoms. The Labute approximate surface area is 154 Å². The molecule has 8 heteroatoms. The summed E-state index contributed by atoms with van der Waals surface area (Å²) in [5.74, 6) is -0.0539. The Morgan fingerprint density at radius 3 is 2.46 bits per heavy atom.